The molecule has 3 aromatic rings. The van der Waals surface area contributed by atoms with Crippen molar-refractivity contribution in [1.82, 2.24) is 4.98 Å². The molecule has 1 aromatic heterocycles. The fourth-order valence-electron chi connectivity index (χ4n) is 3.15. The molecule has 4 rings (SSSR count). The molecule has 0 bridgehead atoms. The van der Waals surface area contributed by atoms with Crippen molar-refractivity contribution in [3.05, 3.63) is 77.7 Å². The molecule has 3 amide bonds. The number of hydrogen-bond acceptors (Lipinski definition) is 4. The van der Waals surface area contributed by atoms with Gasteiger partial charge in [0.2, 0.25) is 0 Å². The summed E-state index contributed by atoms with van der Waals surface area (Å²) in [5.41, 5.74) is 2.82. The van der Waals surface area contributed by atoms with E-state index in [1.54, 1.807) is 60.1 Å². The van der Waals surface area contributed by atoms with Gasteiger partial charge in [-0.05, 0) is 61.0 Å². The zero-order valence-electron chi connectivity index (χ0n) is 16.2. The van der Waals surface area contributed by atoms with Crippen LogP contribution in [0.5, 0.6) is 0 Å². The van der Waals surface area contributed by atoms with Crippen LogP contribution in [0, 0.1) is 12.7 Å². The summed E-state index contributed by atoms with van der Waals surface area (Å²) in [7, 11) is 0. The standard InChI is InChI=1S/C22H19FN4O2S/c1-14-12-16(23)7-8-18(14)26-20(28)15-4-2-5-17(13-15)25-22(29)27-10-11-30-21-19(27)6-3-9-24-21/h2-9,12-13H,10-11H2,1H3,(H,25,29)(H,26,28). The summed E-state index contributed by atoms with van der Waals surface area (Å²) in [6.45, 7) is 2.29. The number of carbonyl (C=O) groups is 2. The first kappa shape index (κ1) is 19.9. The second-order valence-corrected chi connectivity index (χ2v) is 7.84. The van der Waals surface area contributed by atoms with Gasteiger partial charge in [0.25, 0.3) is 5.91 Å². The zero-order chi connectivity index (χ0) is 21.1. The average Bonchev–Trinajstić information content (AvgIpc) is 2.75. The molecule has 1 aliphatic rings. The fourth-order valence-corrected chi connectivity index (χ4v) is 4.08. The Balaban J connectivity index is 1.48. The van der Waals surface area contributed by atoms with E-state index >= 15 is 0 Å². The summed E-state index contributed by atoms with van der Waals surface area (Å²) < 4.78 is 13.3. The maximum absolute atomic E-state index is 13.3. The van der Waals surface area contributed by atoms with Crippen LogP contribution >= 0.6 is 11.8 Å². The molecule has 2 N–H and O–H groups in total. The van der Waals surface area contributed by atoms with Crippen LogP contribution in [0.1, 0.15) is 15.9 Å². The topological polar surface area (TPSA) is 74.3 Å². The summed E-state index contributed by atoms with van der Waals surface area (Å²) in [5.74, 6) is 0.0597. The Bertz CT molecular complexity index is 1120. The van der Waals surface area contributed by atoms with Crippen LogP contribution < -0.4 is 15.5 Å². The summed E-state index contributed by atoms with van der Waals surface area (Å²) in [6, 6.07) is 14.2. The average molecular weight is 422 g/mol. The molecule has 0 fully saturated rings. The highest BCUT2D eigenvalue weighted by Crippen LogP contribution is 2.32. The van der Waals surface area contributed by atoms with E-state index < -0.39 is 0 Å². The number of anilines is 3. The molecule has 0 aliphatic carbocycles. The van der Waals surface area contributed by atoms with Crippen LogP contribution in [0.15, 0.2) is 65.8 Å². The zero-order valence-corrected chi connectivity index (χ0v) is 17.0. The second kappa shape index (κ2) is 8.54. The SMILES string of the molecule is Cc1cc(F)ccc1NC(=O)c1cccc(NC(=O)N2CCSc3ncccc32)c1. The lowest BCUT2D eigenvalue weighted by atomic mass is 10.1. The number of benzene rings is 2. The van der Waals surface area contributed by atoms with Gasteiger partial charge in [-0.1, -0.05) is 6.07 Å². The highest BCUT2D eigenvalue weighted by atomic mass is 32.2. The van der Waals surface area contributed by atoms with Gasteiger partial charge in [-0.25, -0.2) is 14.2 Å². The minimum absolute atomic E-state index is 0.281. The Morgan fingerprint density at radius 2 is 1.97 bits per heavy atom. The Morgan fingerprint density at radius 3 is 2.80 bits per heavy atom. The van der Waals surface area contributed by atoms with Crippen molar-refractivity contribution < 1.29 is 14.0 Å². The lowest BCUT2D eigenvalue weighted by Crippen LogP contribution is -2.38. The molecule has 1 aliphatic heterocycles. The number of halogens is 1. The fraction of sp³-hybridized carbons (Fsp3) is 0.136. The van der Waals surface area contributed by atoms with Gasteiger partial charge in [-0.2, -0.15) is 0 Å². The van der Waals surface area contributed by atoms with Gasteiger partial charge in [0.15, 0.2) is 0 Å². The van der Waals surface area contributed by atoms with E-state index in [2.05, 4.69) is 15.6 Å². The van der Waals surface area contributed by atoms with Crippen LogP contribution in [0.3, 0.4) is 0 Å². The van der Waals surface area contributed by atoms with Gasteiger partial charge >= 0.3 is 6.03 Å². The number of urea groups is 1. The maximum atomic E-state index is 13.3. The normalized spacial score (nSPS) is 12.8. The van der Waals surface area contributed by atoms with Gasteiger partial charge in [-0.15, -0.1) is 11.8 Å². The Labute approximate surface area is 177 Å². The van der Waals surface area contributed by atoms with Crippen LogP contribution in [-0.2, 0) is 0 Å². The minimum Gasteiger partial charge on any atom is -0.322 e. The van der Waals surface area contributed by atoms with Crippen LogP contribution in [0.25, 0.3) is 0 Å². The van der Waals surface area contributed by atoms with Gasteiger partial charge in [0.1, 0.15) is 10.8 Å². The number of hydrogen-bond donors (Lipinski definition) is 2. The number of amides is 3. The molecular formula is C22H19FN4O2S. The largest absolute Gasteiger partial charge is 0.326 e. The Morgan fingerprint density at radius 1 is 1.10 bits per heavy atom. The predicted octanol–water partition coefficient (Wildman–Crippen LogP) is 4.93. The third-order valence-corrected chi connectivity index (χ3v) is 5.63. The number of aryl methyl sites for hydroxylation is 1. The molecular weight excluding hydrogens is 403 g/mol. The van der Waals surface area contributed by atoms with Crippen molar-refractivity contribution in [2.24, 2.45) is 0 Å². The quantitative estimate of drug-likeness (QED) is 0.628. The molecule has 30 heavy (non-hydrogen) atoms. The molecule has 6 nitrogen and oxygen atoms in total. The van der Waals surface area contributed by atoms with E-state index in [1.807, 2.05) is 6.07 Å². The molecule has 0 saturated carbocycles. The molecule has 0 atom stereocenters. The number of fused-ring (bicyclic) bond motifs is 1. The van der Waals surface area contributed by atoms with E-state index in [4.69, 9.17) is 0 Å². The predicted molar refractivity (Wildman–Crippen MR) is 117 cm³/mol. The van der Waals surface area contributed by atoms with Gasteiger partial charge in [-0.3, -0.25) is 9.69 Å². The minimum atomic E-state index is -0.358. The molecule has 2 heterocycles. The number of nitrogens with one attached hydrogen (secondary N) is 2. The third kappa shape index (κ3) is 4.28. The monoisotopic (exact) mass is 422 g/mol. The molecule has 0 radical (unpaired) electrons. The maximum Gasteiger partial charge on any atom is 0.326 e. The van der Waals surface area contributed by atoms with Gasteiger partial charge in [0, 0.05) is 35.4 Å². The second-order valence-electron chi connectivity index (χ2n) is 6.75. The van der Waals surface area contributed by atoms with E-state index in [-0.39, 0.29) is 17.8 Å². The first-order valence-corrected chi connectivity index (χ1v) is 10.3. The van der Waals surface area contributed by atoms with Crippen molar-refractivity contribution in [1.29, 1.82) is 0 Å². The number of carbonyl (C=O) groups excluding carboxylic acids is 2. The molecule has 2 aromatic carbocycles. The van der Waals surface area contributed by atoms with Crippen LogP contribution in [0.2, 0.25) is 0 Å². The molecule has 152 valence electrons. The lowest BCUT2D eigenvalue weighted by Gasteiger charge is -2.28. The summed E-state index contributed by atoms with van der Waals surface area (Å²) in [4.78, 5) is 31.4. The van der Waals surface area contributed by atoms with Crippen molar-refractivity contribution in [3.8, 4) is 0 Å². The summed E-state index contributed by atoms with van der Waals surface area (Å²) >= 11 is 1.62. The highest BCUT2D eigenvalue weighted by Gasteiger charge is 2.23. The Kier molecular flexibility index (Phi) is 5.67. The van der Waals surface area contributed by atoms with Crippen LogP contribution in [0.4, 0.5) is 26.2 Å². The Hall–Kier alpha value is -3.39. The molecule has 0 unspecified atom stereocenters. The number of nitrogens with zero attached hydrogens (tertiary/aromatic N) is 2. The van der Waals surface area contributed by atoms with Crippen molar-refractivity contribution in [2.75, 3.05) is 27.8 Å². The number of rotatable bonds is 3. The number of thioether (sulfide) groups is 1. The van der Waals surface area contributed by atoms with E-state index in [0.29, 0.717) is 29.0 Å². The van der Waals surface area contributed by atoms with Crippen molar-refractivity contribution in [3.63, 3.8) is 0 Å². The van der Waals surface area contributed by atoms with E-state index in [9.17, 15) is 14.0 Å². The molecule has 0 spiro atoms. The molecule has 8 heteroatoms. The third-order valence-electron chi connectivity index (χ3n) is 4.65. The first-order valence-electron chi connectivity index (χ1n) is 9.35. The first-order chi connectivity index (χ1) is 14.5. The number of pyridine rings is 1. The van der Waals surface area contributed by atoms with Gasteiger partial charge < -0.3 is 10.6 Å². The van der Waals surface area contributed by atoms with Crippen LogP contribution in [-0.4, -0.2) is 29.2 Å². The van der Waals surface area contributed by atoms with Crippen molar-refractivity contribution in [2.45, 2.75) is 11.9 Å². The van der Waals surface area contributed by atoms with Gasteiger partial charge in [0.05, 0.1) is 5.69 Å². The molecule has 0 saturated heterocycles. The summed E-state index contributed by atoms with van der Waals surface area (Å²) in [5, 5.41) is 6.44. The summed E-state index contributed by atoms with van der Waals surface area (Å²) in [6.07, 6.45) is 1.71. The highest BCUT2D eigenvalue weighted by molar-refractivity contribution is 7.99. The van der Waals surface area contributed by atoms with E-state index in [1.165, 1.54) is 18.2 Å². The number of aromatic nitrogens is 1. The smallest absolute Gasteiger partial charge is 0.322 e. The lowest BCUT2D eigenvalue weighted by molar-refractivity contribution is 0.102. The van der Waals surface area contributed by atoms with Crippen molar-refractivity contribution >= 4 is 40.8 Å². The van der Waals surface area contributed by atoms with E-state index in [0.717, 1.165) is 16.5 Å².